The number of amides is 1. The van der Waals surface area contributed by atoms with Crippen molar-refractivity contribution in [2.45, 2.75) is 6.42 Å². The number of nitrogens with zero attached hydrogens (tertiary/aromatic N) is 1. The maximum Gasteiger partial charge on any atom is 0.254 e. The number of hydrogen-bond acceptors (Lipinski definition) is 2. The molecular formula is C6H8ClN3O. The van der Waals surface area contributed by atoms with E-state index in [1.807, 2.05) is 0 Å². The summed E-state index contributed by atoms with van der Waals surface area (Å²) < 4.78 is 0. The number of rotatable bonds is 0. The largest absolute Gasteiger partial charge is 0.352 e. The molecular weight excluding hydrogens is 166 g/mol. The van der Waals surface area contributed by atoms with Crippen LogP contribution in [-0.2, 0) is 6.42 Å². The maximum absolute atomic E-state index is 11.0. The summed E-state index contributed by atoms with van der Waals surface area (Å²) in [6.07, 6.45) is 2.42. The standard InChI is InChI=1S/C6H7N3O.ClH/c10-6-4-3-8-9-5(4)1-2-7-6;/h3H,1-2H2,(H,7,10)(H,8,9);1H. The predicted octanol–water partition coefficient (Wildman–Crippen LogP) is 0.117. The molecule has 0 radical (unpaired) electrons. The van der Waals surface area contributed by atoms with E-state index in [4.69, 9.17) is 0 Å². The van der Waals surface area contributed by atoms with Crippen molar-refractivity contribution in [3.63, 3.8) is 0 Å². The maximum atomic E-state index is 11.0. The highest BCUT2D eigenvalue weighted by atomic mass is 35.5. The van der Waals surface area contributed by atoms with Crippen molar-refractivity contribution in [3.05, 3.63) is 17.5 Å². The molecule has 2 N–H and O–H groups in total. The van der Waals surface area contributed by atoms with E-state index in [0.717, 1.165) is 12.1 Å². The highest BCUT2D eigenvalue weighted by Gasteiger charge is 2.17. The lowest BCUT2D eigenvalue weighted by atomic mass is 10.1. The number of hydrogen-bond donors (Lipinski definition) is 2. The first-order chi connectivity index (χ1) is 4.88. The van der Waals surface area contributed by atoms with E-state index >= 15 is 0 Å². The lowest BCUT2D eigenvalue weighted by molar-refractivity contribution is 0.0946. The monoisotopic (exact) mass is 173 g/mol. The average molecular weight is 174 g/mol. The first kappa shape index (κ1) is 8.07. The van der Waals surface area contributed by atoms with Crippen LogP contribution in [0, 0.1) is 0 Å². The van der Waals surface area contributed by atoms with Gasteiger partial charge in [-0.1, -0.05) is 0 Å². The minimum atomic E-state index is -0.0185. The van der Waals surface area contributed by atoms with Crippen molar-refractivity contribution in [1.29, 1.82) is 0 Å². The van der Waals surface area contributed by atoms with Crippen LogP contribution in [0.3, 0.4) is 0 Å². The molecule has 1 aliphatic rings. The molecule has 2 heterocycles. The van der Waals surface area contributed by atoms with Gasteiger partial charge in [0.15, 0.2) is 0 Å². The normalized spacial score (nSPS) is 14.7. The molecule has 5 heteroatoms. The first-order valence-electron chi connectivity index (χ1n) is 3.18. The lowest BCUT2D eigenvalue weighted by Crippen LogP contribution is -2.31. The number of aromatic nitrogens is 2. The molecule has 0 aromatic carbocycles. The van der Waals surface area contributed by atoms with Crippen LogP contribution in [0.1, 0.15) is 16.1 Å². The zero-order valence-electron chi connectivity index (χ0n) is 5.76. The van der Waals surface area contributed by atoms with Crippen molar-refractivity contribution >= 4 is 18.3 Å². The molecule has 1 aromatic heterocycles. The van der Waals surface area contributed by atoms with Gasteiger partial charge in [0, 0.05) is 18.7 Å². The molecule has 1 amide bonds. The summed E-state index contributed by atoms with van der Waals surface area (Å²) in [6, 6.07) is 0. The van der Waals surface area contributed by atoms with Crippen LogP contribution in [0.4, 0.5) is 0 Å². The summed E-state index contributed by atoms with van der Waals surface area (Å²) in [5.74, 6) is -0.0185. The summed E-state index contributed by atoms with van der Waals surface area (Å²) in [5, 5.41) is 9.27. The molecule has 0 saturated heterocycles. The Kier molecular flexibility index (Phi) is 2.14. The third kappa shape index (κ3) is 1.21. The van der Waals surface area contributed by atoms with Gasteiger partial charge in [-0.15, -0.1) is 12.4 Å². The van der Waals surface area contributed by atoms with Gasteiger partial charge in [0.2, 0.25) is 0 Å². The number of nitrogens with one attached hydrogen (secondary N) is 2. The zero-order chi connectivity index (χ0) is 6.97. The zero-order valence-corrected chi connectivity index (χ0v) is 6.57. The Balaban J connectivity index is 0.000000605. The molecule has 4 nitrogen and oxygen atoms in total. The lowest BCUT2D eigenvalue weighted by Gasteiger charge is -2.09. The second-order valence-electron chi connectivity index (χ2n) is 2.27. The molecule has 2 rings (SSSR count). The summed E-state index contributed by atoms with van der Waals surface area (Å²) in [6.45, 7) is 0.716. The van der Waals surface area contributed by atoms with Gasteiger partial charge < -0.3 is 5.32 Å². The SMILES string of the molecule is Cl.O=C1NCCc2[nH]ncc21. The Hall–Kier alpha value is -1.03. The highest BCUT2D eigenvalue weighted by molar-refractivity contribution is 5.95. The molecule has 0 aliphatic carbocycles. The number of carbonyl (C=O) groups is 1. The molecule has 1 aliphatic heterocycles. The van der Waals surface area contributed by atoms with Crippen LogP contribution in [0.15, 0.2) is 6.20 Å². The molecule has 0 atom stereocenters. The van der Waals surface area contributed by atoms with Crippen LogP contribution < -0.4 is 5.32 Å². The van der Waals surface area contributed by atoms with Crippen molar-refractivity contribution in [2.75, 3.05) is 6.54 Å². The smallest absolute Gasteiger partial charge is 0.254 e. The number of halogens is 1. The quantitative estimate of drug-likeness (QED) is 0.586. The van der Waals surface area contributed by atoms with E-state index in [1.54, 1.807) is 6.20 Å². The fourth-order valence-corrected chi connectivity index (χ4v) is 1.10. The molecule has 60 valence electrons. The number of carbonyl (C=O) groups excluding carboxylic acids is 1. The molecule has 0 bridgehead atoms. The Morgan fingerprint density at radius 1 is 1.55 bits per heavy atom. The van der Waals surface area contributed by atoms with Crippen LogP contribution in [0.25, 0.3) is 0 Å². The van der Waals surface area contributed by atoms with Crippen molar-refractivity contribution in [3.8, 4) is 0 Å². The minimum Gasteiger partial charge on any atom is -0.352 e. The Morgan fingerprint density at radius 3 is 3.09 bits per heavy atom. The Morgan fingerprint density at radius 2 is 2.36 bits per heavy atom. The first-order valence-corrected chi connectivity index (χ1v) is 3.18. The van der Waals surface area contributed by atoms with Crippen LogP contribution in [-0.4, -0.2) is 22.6 Å². The summed E-state index contributed by atoms with van der Waals surface area (Å²) in [5.41, 5.74) is 1.63. The van der Waals surface area contributed by atoms with E-state index in [1.165, 1.54) is 0 Å². The molecule has 11 heavy (non-hydrogen) atoms. The topological polar surface area (TPSA) is 57.8 Å². The number of fused-ring (bicyclic) bond motifs is 1. The third-order valence-corrected chi connectivity index (χ3v) is 1.62. The van der Waals surface area contributed by atoms with Gasteiger partial charge in [-0.05, 0) is 0 Å². The summed E-state index contributed by atoms with van der Waals surface area (Å²) in [4.78, 5) is 11.0. The van der Waals surface area contributed by atoms with Crippen LogP contribution in [0.5, 0.6) is 0 Å². The second-order valence-corrected chi connectivity index (χ2v) is 2.27. The summed E-state index contributed by atoms with van der Waals surface area (Å²) >= 11 is 0. The fourth-order valence-electron chi connectivity index (χ4n) is 1.10. The Bertz CT molecular complexity index is 271. The molecule has 0 unspecified atom stereocenters. The van der Waals surface area contributed by atoms with Gasteiger partial charge >= 0.3 is 0 Å². The fraction of sp³-hybridized carbons (Fsp3) is 0.333. The van der Waals surface area contributed by atoms with Crippen molar-refractivity contribution < 1.29 is 4.79 Å². The van der Waals surface area contributed by atoms with Gasteiger partial charge in [0.1, 0.15) is 0 Å². The van der Waals surface area contributed by atoms with E-state index in [9.17, 15) is 4.79 Å². The van der Waals surface area contributed by atoms with E-state index in [-0.39, 0.29) is 18.3 Å². The van der Waals surface area contributed by atoms with Gasteiger partial charge in [-0.2, -0.15) is 5.10 Å². The Labute approximate surface area is 69.8 Å². The van der Waals surface area contributed by atoms with E-state index in [2.05, 4.69) is 15.5 Å². The third-order valence-electron chi connectivity index (χ3n) is 1.62. The predicted molar refractivity (Wildman–Crippen MR) is 41.9 cm³/mol. The number of H-pyrrole nitrogens is 1. The summed E-state index contributed by atoms with van der Waals surface area (Å²) in [7, 11) is 0. The van der Waals surface area contributed by atoms with Crippen molar-refractivity contribution in [2.24, 2.45) is 0 Å². The molecule has 1 aromatic rings. The van der Waals surface area contributed by atoms with E-state index < -0.39 is 0 Å². The van der Waals surface area contributed by atoms with Gasteiger partial charge in [0.05, 0.1) is 11.8 Å². The van der Waals surface area contributed by atoms with Crippen LogP contribution in [0.2, 0.25) is 0 Å². The van der Waals surface area contributed by atoms with E-state index in [0.29, 0.717) is 12.1 Å². The second kappa shape index (κ2) is 2.92. The molecule has 0 spiro atoms. The van der Waals surface area contributed by atoms with Gasteiger partial charge in [0.25, 0.3) is 5.91 Å². The average Bonchev–Trinajstić information content (AvgIpc) is 2.36. The van der Waals surface area contributed by atoms with Gasteiger partial charge in [-0.25, -0.2) is 0 Å². The number of aromatic amines is 1. The highest BCUT2D eigenvalue weighted by Crippen LogP contribution is 2.08. The molecule has 0 fully saturated rings. The minimum absolute atomic E-state index is 0. The van der Waals surface area contributed by atoms with Crippen molar-refractivity contribution in [1.82, 2.24) is 15.5 Å². The van der Waals surface area contributed by atoms with Crippen LogP contribution >= 0.6 is 12.4 Å². The van der Waals surface area contributed by atoms with Gasteiger partial charge in [-0.3, -0.25) is 9.89 Å². The molecule has 0 saturated carbocycles.